The number of piperazine rings is 1. The lowest BCUT2D eigenvalue weighted by Gasteiger charge is -2.33. The quantitative estimate of drug-likeness (QED) is 0.700. The second-order valence-corrected chi connectivity index (χ2v) is 6.37. The van der Waals surface area contributed by atoms with Crippen LogP contribution in [0.2, 0.25) is 0 Å². The Labute approximate surface area is 152 Å². The van der Waals surface area contributed by atoms with Crippen molar-refractivity contribution in [2.45, 2.75) is 19.9 Å². The summed E-state index contributed by atoms with van der Waals surface area (Å²) in [6.45, 7) is 6.43. The van der Waals surface area contributed by atoms with E-state index in [4.69, 9.17) is 4.52 Å². The van der Waals surface area contributed by atoms with E-state index in [9.17, 15) is 0 Å². The predicted molar refractivity (Wildman–Crippen MR) is 98.6 cm³/mol. The minimum atomic E-state index is 0.652. The maximum atomic E-state index is 5.45. The van der Waals surface area contributed by atoms with Crippen LogP contribution in [0.4, 0.5) is 5.95 Å². The topological polar surface area (TPSA) is 71.2 Å². The molecule has 134 valence electrons. The van der Waals surface area contributed by atoms with Crippen molar-refractivity contribution in [3.63, 3.8) is 0 Å². The normalized spacial score (nSPS) is 15.3. The summed E-state index contributed by atoms with van der Waals surface area (Å²) in [7, 11) is 0. The summed E-state index contributed by atoms with van der Waals surface area (Å²) >= 11 is 0. The van der Waals surface area contributed by atoms with Crippen molar-refractivity contribution in [1.82, 2.24) is 25.0 Å². The molecule has 1 aliphatic rings. The molecule has 0 spiro atoms. The highest BCUT2D eigenvalue weighted by molar-refractivity contribution is 5.54. The second kappa shape index (κ2) is 7.61. The van der Waals surface area contributed by atoms with Gasteiger partial charge in [-0.1, -0.05) is 36.3 Å². The molecular weight excluding hydrogens is 328 g/mol. The number of hydrogen-bond acceptors (Lipinski definition) is 7. The maximum absolute atomic E-state index is 5.45. The Bertz CT molecular complexity index is 825. The number of nitrogens with zero attached hydrogens (tertiary/aromatic N) is 6. The van der Waals surface area contributed by atoms with Crippen molar-refractivity contribution in [2.75, 3.05) is 31.1 Å². The van der Waals surface area contributed by atoms with E-state index in [1.54, 1.807) is 12.4 Å². The van der Waals surface area contributed by atoms with Gasteiger partial charge in [-0.3, -0.25) is 4.90 Å². The highest BCUT2D eigenvalue weighted by Gasteiger charge is 2.20. The molecule has 0 unspecified atom stereocenters. The second-order valence-electron chi connectivity index (χ2n) is 6.37. The molecule has 1 fully saturated rings. The van der Waals surface area contributed by atoms with Crippen molar-refractivity contribution < 1.29 is 4.52 Å². The molecule has 1 aliphatic heterocycles. The van der Waals surface area contributed by atoms with E-state index in [1.807, 2.05) is 18.2 Å². The van der Waals surface area contributed by atoms with Crippen LogP contribution in [-0.2, 0) is 13.0 Å². The monoisotopic (exact) mass is 350 g/mol. The van der Waals surface area contributed by atoms with Gasteiger partial charge in [-0.25, -0.2) is 9.97 Å². The van der Waals surface area contributed by atoms with E-state index in [2.05, 4.69) is 49.0 Å². The van der Waals surface area contributed by atoms with Gasteiger partial charge in [0.2, 0.25) is 17.7 Å². The summed E-state index contributed by atoms with van der Waals surface area (Å²) in [4.78, 5) is 17.7. The highest BCUT2D eigenvalue weighted by atomic mass is 16.5. The van der Waals surface area contributed by atoms with Crippen molar-refractivity contribution in [3.8, 4) is 11.4 Å². The first kappa shape index (κ1) is 16.7. The van der Waals surface area contributed by atoms with Crippen LogP contribution in [0.15, 0.2) is 47.2 Å². The van der Waals surface area contributed by atoms with Crippen LogP contribution in [0, 0.1) is 0 Å². The summed E-state index contributed by atoms with van der Waals surface area (Å²) in [5.41, 5.74) is 2.29. The van der Waals surface area contributed by atoms with Gasteiger partial charge in [0.25, 0.3) is 0 Å². The third-order valence-corrected chi connectivity index (χ3v) is 4.65. The van der Waals surface area contributed by atoms with Crippen LogP contribution >= 0.6 is 0 Å². The predicted octanol–water partition coefficient (Wildman–Crippen LogP) is 2.41. The van der Waals surface area contributed by atoms with Crippen molar-refractivity contribution in [3.05, 3.63) is 54.2 Å². The lowest BCUT2D eigenvalue weighted by atomic mass is 10.1. The smallest absolute Gasteiger partial charge is 0.241 e. The van der Waals surface area contributed by atoms with Gasteiger partial charge in [0.05, 0.1) is 6.54 Å². The van der Waals surface area contributed by atoms with E-state index in [0.29, 0.717) is 18.3 Å². The molecular formula is C19H22N6O. The molecule has 1 aromatic carbocycles. The molecule has 0 saturated carbocycles. The molecule has 3 aromatic rings. The Morgan fingerprint density at radius 1 is 1.00 bits per heavy atom. The van der Waals surface area contributed by atoms with Crippen LogP contribution in [0.1, 0.15) is 18.4 Å². The molecule has 7 heteroatoms. The minimum Gasteiger partial charge on any atom is -0.338 e. The van der Waals surface area contributed by atoms with Crippen LogP contribution in [-0.4, -0.2) is 51.2 Å². The van der Waals surface area contributed by atoms with Gasteiger partial charge in [0.15, 0.2) is 0 Å². The van der Waals surface area contributed by atoms with Crippen LogP contribution in [0.5, 0.6) is 0 Å². The molecule has 3 heterocycles. The summed E-state index contributed by atoms with van der Waals surface area (Å²) in [5, 5.41) is 4.13. The number of rotatable bonds is 5. The number of benzene rings is 1. The fourth-order valence-electron chi connectivity index (χ4n) is 3.08. The Morgan fingerprint density at radius 2 is 1.73 bits per heavy atom. The molecule has 0 bridgehead atoms. The Balaban J connectivity index is 1.35. The first-order valence-corrected chi connectivity index (χ1v) is 8.98. The van der Waals surface area contributed by atoms with Gasteiger partial charge >= 0.3 is 0 Å². The zero-order valence-corrected chi connectivity index (χ0v) is 14.9. The molecule has 7 nitrogen and oxygen atoms in total. The minimum absolute atomic E-state index is 0.652. The summed E-state index contributed by atoms with van der Waals surface area (Å²) < 4.78 is 5.45. The van der Waals surface area contributed by atoms with E-state index in [1.165, 1.54) is 5.56 Å². The first-order valence-electron chi connectivity index (χ1n) is 8.98. The first-order chi connectivity index (χ1) is 12.8. The summed E-state index contributed by atoms with van der Waals surface area (Å²) in [6.07, 6.45) is 4.58. The molecule has 4 rings (SSSR count). The highest BCUT2D eigenvalue weighted by Crippen LogP contribution is 2.18. The van der Waals surface area contributed by atoms with Crippen molar-refractivity contribution >= 4 is 5.95 Å². The summed E-state index contributed by atoms with van der Waals surface area (Å²) in [5.74, 6) is 2.10. The van der Waals surface area contributed by atoms with Gasteiger partial charge in [-0.15, -0.1) is 0 Å². The molecule has 0 radical (unpaired) electrons. The van der Waals surface area contributed by atoms with Gasteiger partial charge in [0, 0.05) is 44.1 Å². The van der Waals surface area contributed by atoms with Gasteiger partial charge < -0.3 is 9.42 Å². The molecule has 0 amide bonds. The third-order valence-electron chi connectivity index (χ3n) is 4.65. The van der Waals surface area contributed by atoms with Crippen LogP contribution in [0.3, 0.4) is 0 Å². The average molecular weight is 350 g/mol. The summed E-state index contributed by atoms with van der Waals surface area (Å²) in [6, 6.07) is 10.1. The Kier molecular flexibility index (Phi) is 4.88. The van der Waals surface area contributed by atoms with E-state index in [-0.39, 0.29) is 0 Å². The molecule has 2 aromatic heterocycles. The van der Waals surface area contributed by atoms with E-state index in [0.717, 1.165) is 44.1 Å². The van der Waals surface area contributed by atoms with Gasteiger partial charge in [0.1, 0.15) is 0 Å². The third kappa shape index (κ3) is 3.72. The zero-order chi connectivity index (χ0) is 17.8. The van der Waals surface area contributed by atoms with E-state index < -0.39 is 0 Å². The molecule has 26 heavy (non-hydrogen) atoms. The van der Waals surface area contributed by atoms with E-state index >= 15 is 0 Å². The van der Waals surface area contributed by atoms with Crippen molar-refractivity contribution in [1.29, 1.82) is 0 Å². The zero-order valence-electron chi connectivity index (χ0n) is 14.9. The molecule has 0 atom stereocenters. The lowest BCUT2D eigenvalue weighted by Crippen LogP contribution is -2.46. The lowest BCUT2D eigenvalue weighted by molar-refractivity contribution is 0.214. The van der Waals surface area contributed by atoms with Crippen LogP contribution in [0.25, 0.3) is 11.4 Å². The van der Waals surface area contributed by atoms with Crippen LogP contribution < -0.4 is 4.90 Å². The Hall–Kier alpha value is -2.80. The number of anilines is 1. The molecule has 1 saturated heterocycles. The fourth-order valence-corrected chi connectivity index (χ4v) is 3.08. The van der Waals surface area contributed by atoms with Crippen molar-refractivity contribution in [2.24, 2.45) is 0 Å². The van der Waals surface area contributed by atoms with Gasteiger partial charge in [-0.05, 0) is 18.1 Å². The number of aromatic nitrogens is 4. The fraction of sp³-hybridized carbons (Fsp3) is 0.368. The van der Waals surface area contributed by atoms with Gasteiger partial charge in [-0.2, -0.15) is 4.98 Å². The Morgan fingerprint density at radius 3 is 2.42 bits per heavy atom. The largest absolute Gasteiger partial charge is 0.338 e. The maximum Gasteiger partial charge on any atom is 0.241 e. The number of aryl methyl sites for hydroxylation is 1. The average Bonchev–Trinajstić information content (AvgIpc) is 3.18. The standard InChI is InChI=1S/C19H22N6O/c1-2-15-4-6-16(7-5-15)18-22-17(26-23-18)14-24-10-12-25(13-11-24)19-20-8-3-9-21-19/h3-9H,2,10-14H2,1H3. The molecule has 0 N–H and O–H groups in total. The number of hydrogen-bond donors (Lipinski definition) is 0. The SMILES string of the molecule is CCc1ccc(-c2noc(CN3CCN(c4ncccn4)CC3)n2)cc1. The molecule has 0 aliphatic carbocycles.